The van der Waals surface area contributed by atoms with Crippen LogP contribution in [0.5, 0.6) is 0 Å². The monoisotopic (exact) mass is 256 g/mol. The fourth-order valence-electron chi connectivity index (χ4n) is 2.43. The number of carbonyl (C=O) groups is 1. The van der Waals surface area contributed by atoms with Gasteiger partial charge in [0.25, 0.3) is 0 Å². The summed E-state index contributed by atoms with van der Waals surface area (Å²) in [6.07, 6.45) is 7.82. The van der Waals surface area contributed by atoms with Gasteiger partial charge in [-0.15, -0.1) is 0 Å². The molecule has 0 bridgehead atoms. The molecule has 0 aliphatic heterocycles. The molecule has 1 fully saturated rings. The van der Waals surface area contributed by atoms with E-state index < -0.39 is 0 Å². The number of hydrogen-bond acceptors (Lipinski definition) is 3. The van der Waals surface area contributed by atoms with E-state index in [0.717, 1.165) is 39.0 Å². The van der Waals surface area contributed by atoms with Crippen molar-refractivity contribution < 1.29 is 9.53 Å². The minimum Gasteiger partial charge on any atom is -0.385 e. The highest BCUT2D eigenvalue weighted by Crippen LogP contribution is 2.17. The predicted molar refractivity (Wildman–Crippen MR) is 73.6 cm³/mol. The van der Waals surface area contributed by atoms with Crippen LogP contribution in [0.25, 0.3) is 0 Å². The molecular formula is C14H28N2O2. The molecule has 0 spiro atoms. The van der Waals surface area contributed by atoms with E-state index in [1.807, 2.05) is 0 Å². The molecule has 106 valence electrons. The molecule has 0 atom stereocenters. The number of carbonyl (C=O) groups excluding carboxylic acids is 1. The first-order valence-corrected chi connectivity index (χ1v) is 7.19. The third-order valence-electron chi connectivity index (χ3n) is 3.58. The summed E-state index contributed by atoms with van der Waals surface area (Å²) >= 11 is 0. The van der Waals surface area contributed by atoms with Crippen LogP contribution in [0.2, 0.25) is 0 Å². The quantitative estimate of drug-likeness (QED) is 0.673. The first-order valence-electron chi connectivity index (χ1n) is 7.19. The Morgan fingerprint density at radius 1 is 1.28 bits per heavy atom. The molecule has 0 aromatic heterocycles. The Hall–Kier alpha value is -0.610. The lowest BCUT2D eigenvalue weighted by Gasteiger charge is -2.23. The lowest BCUT2D eigenvalue weighted by Crippen LogP contribution is -2.37. The second kappa shape index (κ2) is 9.34. The molecule has 4 nitrogen and oxygen atoms in total. The van der Waals surface area contributed by atoms with Crippen LogP contribution in [-0.4, -0.2) is 50.7 Å². The summed E-state index contributed by atoms with van der Waals surface area (Å²) in [5, 5.41) is 3.15. The molecule has 0 aromatic carbocycles. The van der Waals surface area contributed by atoms with Gasteiger partial charge >= 0.3 is 0 Å². The summed E-state index contributed by atoms with van der Waals surface area (Å²) in [6.45, 7) is 2.62. The highest BCUT2D eigenvalue weighted by Gasteiger charge is 2.15. The van der Waals surface area contributed by atoms with Crippen LogP contribution in [0.1, 0.15) is 44.9 Å². The van der Waals surface area contributed by atoms with Crippen LogP contribution < -0.4 is 5.32 Å². The van der Waals surface area contributed by atoms with Crippen molar-refractivity contribution in [1.29, 1.82) is 0 Å². The van der Waals surface area contributed by atoms with Crippen LogP contribution in [0.4, 0.5) is 0 Å². The lowest BCUT2D eigenvalue weighted by atomic mass is 9.95. The zero-order valence-corrected chi connectivity index (χ0v) is 11.9. The molecule has 1 aliphatic carbocycles. The molecule has 0 radical (unpaired) electrons. The Morgan fingerprint density at radius 3 is 2.67 bits per heavy atom. The standard InChI is InChI=1S/C14H28N2O2/c1-16(10-6-12-18-2)11-9-14(17)15-13-7-4-3-5-8-13/h13H,3-12H2,1-2H3,(H,15,17). The van der Waals surface area contributed by atoms with E-state index in [1.54, 1.807) is 7.11 Å². The maximum absolute atomic E-state index is 11.8. The topological polar surface area (TPSA) is 41.6 Å². The third kappa shape index (κ3) is 6.97. The van der Waals surface area contributed by atoms with E-state index in [-0.39, 0.29) is 5.91 Å². The minimum atomic E-state index is 0.209. The summed E-state index contributed by atoms with van der Waals surface area (Å²) in [5.74, 6) is 0.209. The Kier molecular flexibility index (Phi) is 8.01. The highest BCUT2D eigenvalue weighted by molar-refractivity contribution is 5.76. The van der Waals surface area contributed by atoms with Crippen molar-refractivity contribution in [3.05, 3.63) is 0 Å². The highest BCUT2D eigenvalue weighted by atomic mass is 16.5. The normalized spacial score (nSPS) is 17.1. The Balaban J connectivity index is 2.04. The average molecular weight is 256 g/mol. The van der Waals surface area contributed by atoms with Crippen LogP contribution >= 0.6 is 0 Å². The molecule has 1 aliphatic rings. The predicted octanol–water partition coefficient (Wildman–Crippen LogP) is 1.79. The number of methoxy groups -OCH3 is 1. The number of hydrogen-bond donors (Lipinski definition) is 1. The molecule has 4 heteroatoms. The molecule has 0 saturated heterocycles. The van der Waals surface area contributed by atoms with E-state index in [1.165, 1.54) is 19.3 Å². The van der Waals surface area contributed by atoms with Crippen molar-refractivity contribution in [1.82, 2.24) is 10.2 Å². The number of ether oxygens (including phenoxy) is 1. The molecule has 0 unspecified atom stereocenters. The van der Waals surface area contributed by atoms with Crippen LogP contribution in [0, 0.1) is 0 Å². The summed E-state index contributed by atoms with van der Waals surface area (Å²) in [4.78, 5) is 14.0. The van der Waals surface area contributed by atoms with Gasteiger partial charge in [0.1, 0.15) is 0 Å². The molecule has 1 rings (SSSR count). The second-order valence-corrected chi connectivity index (χ2v) is 5.30. The van der Waals surface area contributed by atoms with Gasteiger partial charge in [0.15, 0.2) is 0 Å². The number of nitrogens with one attached hydrogen (secondary N) is 1. The maximum atomic E-state index is 11.8. The molecule has 0 heterocycles. The summed E-state index contributed by atoms with van der Waals surface area (Å²) in [5.41, 5.74) is 0. The molecule has 0 aromatic rings. The minimum absolute atomic E-state index is 0.209. The van der Waals surface area contributed by atoms with Gasteiger partial charge in [0, 0.05) is 39.3 Å². The van der Waals surface area contributed by atoms with E-state index in [0.29, 0.717) is 12.5 Å². The first kappa shape index (κ1) is 15.4. The summed E-state index contributed by atoms with van der Waals surface area (Å²) < 4.78 is 5.01. The Morgan fingerprint density at radius 2 is 2.00 bits per heavy atom. The Bertz CT molecular complexity index is 228. The van der Waals surface area contributed by atoms with Gasteiger partial charge in [-0.25, -0.2) is 0 Å². The van der Waals surface area contributed by atoms with Crippen molar-refractivity contribution in [3.63, 3.8) is 0 Å². The molecular weight excluding hydrogens is 228 g/mol. The SMILES string of the molecule is COCCCN(C)CCC(=O)NC1CCCCC1. The van der Waals surface area contributed by atoms with Gasteiger partial charge < -0.3 is 15.0 Å². The molecule has 1 N–H and O–H groups in total. The van der Waals surface area contributed by atoms with Crippen molar-refractivity contribution in [2.45, 2.75) is 51.0 Å². The number of rotatable bonds is 8. The van der Waals surface area contributed by atoms with Gasteiger partial charge in [-0.2, -0.15) is 0 Å². The van der Waals surface area contributed by atoms with E-state index in [9.17, 15) is 4.79 Å². The first-order chi connectivity index (χ1) is 8.72. The van der Waals surface area contributed by atoms with Gasteiger partial charge in [-0.05, 0) is 26.3 Å². The fraction of sp³-hybridized carbons (Fsp3) is 0.929. The largest absolute Gasteiger partial charge is 0.385 e. The molecule has 18 heavy (non-hydrogen) atoms. The fourth-order valence-corrected chi connectivity index (χ4v) is 2.43. The number of nitrogens with zero attached hydrogens (tertiary/aromatic N) is 1. The summed E-state index contributed by atoms with van der Waals surface area (Å²) in [6, 6.07) is 0.435. The van der Waals surface area contributed by atoms with Gasteiger partial charge in [-0.3, -0.25) is 4.79 Å². The van der Waals surface area contributed by atoms with Gasteiger partial charge in [-0.1, -0.05) is 19.3 Å². The van der Waals surface area contributed by atoms with Crippen molar-refractivity contribution in [2.75, 3.05) is 33.9 Å². The van der Waals surface area contributed by atoms with Crippen molar-refractivity contribution >= 4 is 5.91 Å². The van der Waals surface area contributed by atoms with Crippen molar-refractivity contribution in [2.24, 2.45) is 0 Å². The summed E-state index contributed by atoms with van der Waals surface area (Å²) in [7, 11) is 3.78. The van der Waals surface area contributed by atoms with Gasteiger partial charge in [0.2, 0.25) is 5.91 Å². The third-order valence-corrected chi connectivity index (χ3v) is 3.58. The average Bonchev–Trinajstić information content (AvgIpc) is 2.38. The lowest BCUT2D eigenvalue weighted by molar-refractivity contribution is -0.122. The van der Waals surface area contributed by atoms with E-state index in [2.05, 4.69) is 17.3 Å². The Labute approximate surface area is 111 Å². The second-order valence-electron chi connectivity index (χ2n) is 5.30. The number of amides is 1. The molecule has 1 amide bonds. The van der Waals surface area contributed by atoms with Crippen LogP contribution in [0.15, 0.2) is 0 Å². The molecule has 1 saturated carbocycles. The van der Waals surface area contributed by atoms with Gasteiger partial charge in [0.05, 0.1) is 0 Å². The zero-order valence-electron chi connectivity index (χ0n) is 11.9. The van der Waals surface area contributed by atoms with Crippen LogP contribution in [-0.2, 0) is 9.53 Å². The smallest absolute Gasteiger partial charge is 0.221 e. The van der Waals surface area contributed by atoms with Crippen molar-refractivity contribution in [3.8, 4) is 0 Å². The zero-order chi connectivity index (χ0) is 13.2. The van der Waals surface area contributed by atoms with E-state index in [4.69, 9.17) is 4.74 Å². The maximum Gasteiger partial charge on any atom is 0.221 e. The van der Waals surface area contributed by atoms with E-state index >= 15 is 0 Å². The van der Waals surface area contributed by atoms with Crippen LogP contribution in [0.3, 0.4) is 0 Å².